The molecule has 0 radical (unpaired) electrons. The molecular weight excluding hydrogens is 186 g/mol. The summed E-state index contributed by atoms with van der Waals surface area (Å²) < 4.78 is 0. The van der Waals surface area contributed by atoms with E-state index in [1.54, 1.807) is 0 Å². The van der Waals surface area contributed by atoms with Gasteiger partial charge in [-0.1, -0.05) is 20.3 Å². The van der Waals surface area contributed by atoms with E-state index in [0.717, 1.165) is 25.2 Å². The smallest absolute Gasteiger partial charge is 0.138 e. The van der Waals surface area contributed by atoms with Crippen molar-refractivity contribution in [3.63, 3.8) is 0 Å². The molecule has 0 saturated heterocycles. The van der Waals surface area contributed by atoms with Crippen LogP contribution in [-0.4, -0.2) is 12.3 Å². The summed E-state index contributed by atoms with van der Waals surface area (Å²) in [5, 5.41) is 0. The van der Waals surface area contributed by atoms with Gasteiger partial charge >= 0.3 is 0 Å². The van der Waals surface area contributed by atoms with Crippen molar-refractivity contribution in [3.05, 3.63) is 0 Å². The molecule has 2 heteroatoms. The van der Waals surface area contributed by atoms with E-state index in [4.69, 9.17) is 5.73 Å². The van der Waals surface area contributed by atoms with Crippen LogP contribution < -0.4 is 5.73 Å². The highest BCUT2D eigenvalue weighted by Crippen LogP contribution is 2.32. The Kier molecular flexibility index (Phi) is 5.30. The van der Waals surface area contributed by atoms with Crippen LogP contribution in [0.2, 0.25) is 0 Å². The van der Waals surface area contributed by atoms with Crippen molar-refractivity contribution in [2.24, 2.45) is 23.5 Å². The predicted molar refractivity (Wildman–Crippen MR) is 63.6 cm³/mol. The van der Waals surface area contributed by atoms with Crippen LogP contribution in [0.25, 0.3) is 0 Å². The second-order valence-electron chi connectivity index (χ2n) is 5.01. The van der Waals surface area contributed by atoms with Crippen LogP contribution in [-0.2, 0) is 4.79 Å². The van der Waals surface area contributed by atoms with Gasteiger partial charge in [0.15, 0.2) is 0 Å². The Morgan fingerprint density at radius 3 is 2.40 bits per heavy atom. The van der Waals surface area contributed by atoms with Crippen LogP contribution in [0.3, 0.4) is 0 Å². The number of carbonyl (C=O) groups excluding carboxylic acids is 1. The zero-order valence-corrected chi connectivity index (χ0v) is 10.2. The average molecular weight is 211 g/mol. The monoisotopic (exact) mass is 211 g/mol. The maximum Gasteiger partial charge on any atom is 0.138 e. The predicted octanol–water partition coefficient (Wildman–Crippen LogP) is 2.76. The fraction of sp³-hybridized carbons (Fsp3) is 0.923. The van der Waals surface area contributed by atoms with Crippen LogP contribution in [0.15, 0.2) is 0 Å². The average Bonchev–Trinajstić information content (AvgIpc) is 2.28. The van der Waals surface area contributed by atoms with Gasteiger partial charge in [0.2, 0.25) is 0 Å². The molecule has 1 aliphatic rings. The van der Waals surface area contributed by atoms with E-state index in [1.807, 2.05) is 6.92 Å². The Morgan fingerprint density at radius 2 is 1.93 bits per heavy atom. The number of hydrogen-bond donors (Lipinski definition) is 1. The fourth-order valence-electron chi connectivity index (χ4n) is 2.65. The molecule has 1 fully saturated rings. The lowest BCUT2D eigenvalue weighted by Gasteiger charge is -2.28. The lowest BCUT2D eigenvalue weighted by molar-refractivity contribution is -0.127. The highest BCUT2D eigenvalue weighted by atomic mass is 16.1. The van der Waals surface area contributed by atoms with Gasteiger partial charge in [0.25, 0.3) is 0 Å². The Hall–Kier alpha value is -0.370. The lowest BCUT2D eigenvalue weighted by Crippen LogP contribution is -2.27. The Balaban J connectivity index is 2.35. The number of ketones is 1. The number of carbonyl (C=O) groups is 1. The fourth-order valence-corrected chi connectivity index (χ4v) is 2.65. The van der Waals surface area contributed by atoms with Gasteiger partial charge in [-0.05, 0) is 44.6 Å². The largest absolute Gasteiger partial charge is 0.330 e. The molecule has 1 atom stereocenters. The van der Waals surface area contributed by atoms with E-state index < -0.39 is 0 Å². The molecule has 0 aliphatic heterocycles. The van der Waals surface area contributed by atoms with Gasteiger partial charge < -0.3 is 5.73 Å². The summed E-state index contributed by atoms with van der Waals surface area (Å²) in [4.78, 5) is 12.0. The molecule has 15 heavy (non-hydrogen) atoms. The Morgan fingerprint density at radius 1 is 1.33 bits per heavy atom. The van der Waals surface area contributed by atoms with E-state index in [2.05, 4.69) is 6.92 Å². The highest BCUT2D eigenvalue weighted by molar-refractivity contribution is 5.83. The third-order valence-electron chi connectivity index (χ3n) is 3.91. The number of hydrogen-bond acceptors (Lipinski definition) is 2. The Labute approximate surface area is 93.6 Å². The summed E-state index contributed by atoms with van der Waals surface area (Å²) in [5.41, 5.74) is 5.49. The molecule has 0 bridgehead atoms. The summed E-state index contributed by atoms with van der Waals surface area (Å²) in [6.07, 6.45) is 6.87. The van der Waals surface area contributed by atoms with E-state index in [0.29, 0.717) is 18.2 Å². The molecule has 1 unspecified atom stereocenters. The maximum absolute atomic E-state index is 12.0. The van der Waals surface area contributed by atoms with Crippen molar-refractivity contribution >= 4 is 5.78 Å². The van der Waals surface area contributed by atoms with Crippen molar-refractivity contribution in [2.75, 3.05) is 6.54 Å². The summed E-state index contributed by atoms with van der Waals surface area (Å²) in [5.74, 6) is 1.86. The summed E-state index contributed by atoms with van der Waals surface area (Å²) in [7, 11) is 0. The van der Waals surface area contributed by atoms with Crippen molar-refractivity contribution in [3.8, 4) is 0 Å². The molecule has 2 N–H and O–H groups in total. The molecule has 2 nitrogen and oxygen atoms in total. The molecule has 0 heterocycles. The van der Waals surface area contributed by atoms with Crippen LogP contribution >= 0.6 is 0 Å². The van der Waals surface area contributed by atoms with E-state index in [-0.39, 0.29) is 5.92 Å². The molecule has 0 aromatic carbocycles. The topological polar surface area (TPSA) is 43.1 Å². The SMILES string of the molecule is CCC1CCC(C(=O)C(C)CCN)CC1. The summed E-state index contributed by atoms with van der Waals surface area (Å²) in [6, 6.07) is 0. The van der Waals surface area contributed by atoms with Crippen LogP contribution in [0, 0.1) is 17.8 Å². The van der Waals surface area contributed by atoms with Crippen molar-refractivity contribution < 1.29 is 4.79 Å². The van der Waals surface area contributed by atoms with Crippen LogP contribution in [0.1, 0.15) is 52.4 Å². The number of rotatable bonds is 5. The van der Waals surface area contributed by atoms with Gasteiger partial charge in [-0.15, -0.1) is 0 Å². The molecule has 1 aliphatic carbocycles. The molecule has 1 rings (SSSR count). The van der Waals surface area contributed by atoms with Crippen molar-refractivity contribution in [2.45, 2.75) is 52.4 Å². The van der Waals surface area contributed by atoms with E-state index in [9.17, 15) is 4.79 Å². The van der Waals surface area contributed by atoms with Crippen LogP contribution in [0.5, 0.6) is 0 Å². The van der Waals surface area contributed by atoms with E-state index in [1.165, 1.54) is 19.3 Å². The van der Waals surface area contributed by atoms with Gasteiger partial charge in [-0.25, -0.2) is 0 Å². The van der Waals surface area contributed by atoms with Crippen molar-refractivity contribution in [1.29, 1.82) is 0 Å². The summed E-state index contributed by atoms with van der Waals surface area (Å²) >= 11 is 0. The molecule has 0 aromatic rings. The lowest BCUT2D eigenvalue weighted by atomic mass is 9.76. The first-order chi connectivity index (χ1) is 7.19. The quantitative estimate of drug-likeness (QED) is 0.760. The molecular formula is C13H25NO. The molecule has 0 amide bonds. The number of Topliss-reactive ketones (excluding diaryl/α,β-unsaturated/α-hetero) is 1. The summed E-state index contributed by atoms with van der Waals surface area (Å²) in [6.45, 7) is 4.92. The first-order valence-corrected chi connectivity index (χ1v) is 6.42. The van der Waals surface area contributed by atoms with Gasteiger partial charge in [0.1, 0.15) is 5.78 Å². The molecule has 88 valence electrons. The first kappa shape index (κ1) is 12.7. The minimum atomic E-state index is 0.179. The second kappa shape index (κ2) is 6.26. The third kappa shape index (κ3) is 3.60. The third-order valence-corrected chi connectivity index (χ3v) is 3.91. The Bertz CT molecular complexity index is 195. The second-order valence-corrected chi connectivity index (χ2v) is 5.01. The number of nitrogens with two attached hydrogens (primary N) is 1. The highest BCUT2D eigenvalue weighted by Gasteiger charge is 2.27. The zero-order valence-electron chi connectivity index (χ0n) is 10.2. The van der Waals surface area contributed by atoms with Gasteiger partial charge in [0.05, 0.1) is 0 Å². The standard InChI is InChI=1S/C13H25NO/c1-3-11-4-6-12(7-5-11)13(15)10(2)8-9-14/h10-12H,3-9,14H2,1-2H3. The van der Waals surface area contributed by atoms with Gasteiger partial charge in [0, 0.05) is 11.8 Å². The normalized spacial score (nSPS) is 28.7. The van der Waals surface area contributed by atoms with E-state index >= 15 is 0 Å². The van der Waals surface area contributed by atoms with Crippen LogP contribution in [0.4, 0.5) is 0 Å². The molecule has 0 spiro atoms. The zero-order chi connectivity index (χ0) is 11.3. The van der Waals surface area contributed by atoms with Crippen molar-refractivity contribution in [1.82, 2.24) is 0 Å². The first-order valence-electron chi connectivity index (χ1n) is 6.42. The molecule has 0 aromatic heterocycles. The minimum absolute atomic E-state index is 0.179. The van der Waals surface area contributed by atoms with Gasteiger partial charge in [-0.3, -0.25) is 4.79 Å². The van der Waals surface area contributed by atoms with Gasteiger partial charge in [-0.2, -0.15) is 0 Å². The molecule has 1 saturated carbocycles. The maximum atomic E-state index is 12.0. The minimum Gasteiger partial charge on any atom is -0.330 e.